The van der Waals surface area contributed by atoms with Crippen LogP contribution in [0.25, 0.3) is 0 Å². The van der Waals surface area contributed by atoms with Gasteiger partial charge in [-0.05, 0) is 6.42 Å². The van der Waals surface area contributed by atoms with Gasteiger partial charge in [-0.3, -0.25) is 14.3 Å². The number of nitrogens with zero attached hydrogens (tertiary/aromatic N) is 2. The molecule has 0 aliphatic carbocycles. The molecule has 0 aliphatic rings. The van der Waals surface area contributed by atoms with E-state index in [2.05, 4.69) is 10.4 Å². The molecule has 2 N–H and O–H groups in total. The third kappa shape index (κ3) is 3.38. The second-order valence-corrected chi connectivity index (χ2v) is 3.69. The average molecular weight is 225 g/mol. The molecule has 1 aromatic rings. The molecular weight excluding hydrogens is 210 g/mol. The summed E-state index contributed by atoms with van der Waals surface area (Å²) < 4.78 is 1.54. The largest absolute Gasteiger partial charge is 0.481 e. The summed E-state index contributed by atoms with van der Waals surface area (Å²) in [7, 11) is 1.73. The number of aromatic nitrogens is 2. The SMILES string of the molecule is CC(CCNC(=O)c1cnn(C)c1)C(=O)O. The fraction of sp³-hybridized carbons (Fsp3) is 0.500. The van der Waals surface area contributed by atoms with Crippen molar-refractivity contribution >= 4 is 11.9 Å². The summed E-state index contributed by atoms with van der Waals surface area (Å²) in [5.74, 6) is -1.53. The molecule has 1 rings (SSSR count). The molecule has 6 nitrogen and oxygen atoms in total. The van der Waals surface area contributed by atoms with E-state index in [0.717, 1.165) is 0 Å². The van der Waals surface area contributed by atoms with Gasteiger partial charge in [-0.15, -0.1) is 0 Å². The smallest absolute Gasteiger partial charge is 0.306 e. The predicted molar refractivity (Wildman–Crippen MR) is 57.0 cm³/mol. The summed E-state index contributed by atoms with van der Waals surface area (Å²) in [6, 6.07) is 0. The fourth-order valence-corrected chi connectivity index (χ4v) is 1.17. The Labute approximate surface area is 93.3 Å². The number of aryl methyl sites for hydroxylation is 1. The van der Waals surface area contributed by atoms with Crippen LogP contribution < -0.4 is 5.32 Å². The highest BCUT2D eigenvalue weighted by Gasteiger charge is 2.12. The van der Waals surface area contributed by atoms with Crippen molar-refractivity contribution in [2.75, 3.05) is 6.54 Å². The number of carbonyl (C=O) groups excluding carboxylic acids is 1. The van der Waals surface area contributed by atoms with Crippen molar-refractivity contribution in [3.8, 4) is 0 Å². The van der Waals surface area contributed by atoms with Crippen LogP contribution in [0.2, 0.25) is 0 Å². The maximum absolute atomic E-state index is 11.5. The van der Waals surface area contributed by atoms with Gasteiger partial charge < -0.3 is 10.4 Å². The zero-order chi connectivity index (χ0) is 12.1. The Kier molecular flexibility index (Phi) is 4.04. The van der Waals surface area contributed by atoms with Gasteiger partial charge in [-0.1, -0.05) is 6.92 Å². The summed E-state index contributed by atoms with van der Waals surface area (Å²) in [6.45, 7) is 1.96. The molecule has 1 aromatic heterocycles. The summed E-state index contributed by atoms with van der Waals surface area (Å²) in [5, 5.41) is 15.2. The lowest BCUT2D eigenvalue weighted by Crippen LogP contribution is -2.26. The van der Waals surface area contributed by atoms with Gasteiger partial charge in [0.05, 0.1) is 17.7 Å². The number of aliphatic carboxylic acids is 1. The lowest BCUT2D eigenvalue weighted by molar-refractivity contribution is -0.141. The number of hydrogen-bond acceptors (Lipinski definition) is 3. The highest BCUT2D eigenvalue weighted by atomic mass is 16.4. The molecular formula is C10H15N3O3. The van der Waals surface area contributed by atoms with Gasteiger partial charge in [0.25, 0.3) is 5.91 Å². The van der Waals surface area contributed by atoms with E-state index in [1.165, 1.54) is 10.9 Å². The van der Waals surface area contributed by atoms with Crippen molar-refractivity contribution < 1.29 is 14.7 Å². The number of nitrogens with one attached hydrogen (secondary N) is 1. The number of carboxylic acid groups (broad SMARTS) is 1. The number of amides is 1. The Morgan fingerprint density at radius 1 is 1.62 bits per heavy atom. The Bertz CT molecular complexity index is 386. The minimum Gasteiger partial charge on any atom is -0.481 e. The van der Waals surface area contributed by atoms with E-state index in [4.69, 9.17) is 5.11 Å². The van der Waals surface area contributed by atoms with Crippen LogP contribution >= 0.6 is 0 Å². The van der Waals surface area contributed by atoms with Gasteiger partial charge in [0.2, 0.25) is 0 Å². The lowest BCUT2D eigenvalue weighted by Gasteiger charge is -2.06. The van der Waals surface area contributed by atoms with Gasteiger partial charge in [0.15, 0.2) is 0 Å². The molecule has 6 heteroatoms. The monoisotopic (exact) mass is 225 g/mol. The van der Waals surface area contributed by atoms with Gasteiger partial charge in [-0.2, -0.15) is 5.10 Å². The van der Waals surface area contributed by atoms with E-state index in [1.54, 1.807) is 20.2 Å². The Hall–Kier alpha value is -1.85. The van der Waals surface area contributed by atoms with E-state index in [-0.39, 0.29) is 5.91 Å². The summed E-state index contributed by atoms with van der Waals surface area (Å²) in [6.07, 6.45) is 3.49. The van der Waals surface area contributed by atoms with Crippen LogP contribution in [-0.2, 0) is 11.8 Å². The molecule has 0 saturated carbocycles. The lowest BCUT2D eigenvalue weighted by atomic mass is 10.1. The van der Waals surface area contributed by atoms with Gasteiger partial charge in [0, 0.05) is 19.8 Å². The molecule has 1 atom stereocenters. The molecule has 0 radical (unpaired) electrons. The predicted octanol–water partition coefficient (Wildman–Crippen LogP) is 0.261. The fourth-order valence-electron chi connectivity index (χ4n) is 1.17. The number of rotatable bonds is 5. The first kappa shape index (κ1) is 12.2. The summed E-state index contributed by atoms with van der Waals surface area (Å²) in [4.78, 5) is 22.0. The molecule has 0 bridgehead atoms. The second-order valence-electron chi connectivity index (χ2n) is 3.69. The molecule has 0 saturated heterocycles. The van der Waals surface area contributed by atoms with Crippen molar-refractivity contribution in [1.82, 2.24) is 15.1 Å². The zero-order valence-electron chi connectivity index (χ0n) is 9.30. The molecule has 0 spiro atoms. The maximum atomic E-state index is 11.5. The molecule has 88 valence electrons. The van der Waals surface area contributed by atoms with Crippen LogP contribution in [0, 0.1) is 5.92 Å². The Balaban J connectivity index is 2.34. The van der Waals surface area contributed by atoms with Gasteiger partial charge in [-0.25, -0.2) is 0 Å². The van der Waals surface area contributed by atoms with Crippen LogP contribution in [0.3, 0.4) is 0 Å². The minimum atomic E-state index is -0.851. The quantitative estimate of drug-likeness (QED) is 0.752. The van der Waals surface area contributed by atoms with E-state index in [0.29, 0.717) is 18.5 Å². The summed E-state index contributed by atoms with van der Waals surface area (Å²) >= 11 is 0. The number of carbonyl (C=O) groups is 2. The third-order valence-corrected chi connectivity index (χ3v) is 2.25. The minimum absolute atomic E-state index is 0.231. The first-order valence-electron chi connectivity index (χ1n) is 5.00. The van der Waals surface area contributed by atoms with Crippen molar-refractivity contribution in [2.24, 2.45) is 13.0 Å². The van der Waals surface area contributed by atoms with Crippen LogP contribution in [0.15, 0.2) is 12.4 Å². The van der Waals surface area contributed by atoms with Gasteiger partial charge >= 0.3 is 5.97 Å². The third-order valence-electron chi connectivity index (χ3n) is 2.25. The number of hydrogen-bond donors (Lipinski definition) is 2. The molecule has 1 unspecified atom stereocenters. The molecule has 0 fully saturated rings. The zero-order valence-corrected chi connectivity index (χ0v) is 9.30. The number of carboxylic acids is 1. The van der Waals surface area contributed by atoms with E-state index >= 15 is 0 Å². The van der Waals surface area contributed by atoms with Gasteiger partial charge in [0.1, 0.15) is 0 Å². The first-order chi connectivity index (χ1) is 7.50. The first-order valence-corrected chi connectivity index (χ1v) is 5.00. The van der Waals surface area contributed by atoms with Crippen LogP contribution in [-0.4, -0.2) is 33.3 Å². The molecule has 1 amide bonds. The van der Waals surface area contributed by atoms with Crippen molar-refractivity contribution in [1.29, 1.82) is 0 Å². The molecule has 0 aliphatic heterocycles. The van der Waals surface area contributed by atoms with E-state index in [1.807, 2.05) is 0 Å². The van der Waals surface area contributed by atoms with Crippen LogP contribution in [0.4, 0.5) is 0 Å². The van der Waals surface area contributed by atoms with Crippen molar-refractivity contribution in [3.63, 3.8) is 0 Å². The standard InChI is InChI=1S/C10H15N3O3/c1-7(10(15)16)3-4-11-9(14)8-5-12-13(2)6-8/h5-7H,3-4H2,1-2H3,(H,11,14)(H,15,16). The Morgan fingerprint density at radius 2 is 2.31 bits per heavy atom. The van der Waals surface area contributed by atoms with Crippen molar-refractivity contribution in [3.05, 3.63) is 18.0 Å². The highest BCUT2D eigenvalue weighted by molar-refractivity contribution is 5.93. The Morgan fingerprint density at radius 3 is 2.81 bits per heavy atom. The normalized spacial score (nSPS) is 12.1. The maximum Gasteiger partial charge on any atom is 0.306 e. The van der Waals surface area contributed by atoms with Crippen LogP contribution in [0.1, 0.15) is 23.7 Å². The molecule has 0 aromatic carbocycles. The molecule has 16 heavy (non-hydrogen) atoms. The van der Waals surface area contributed by atoms with Crippen LogP contribution in [0.5, 0.6) is 0 Å². The topological polar surface area (TPSA) is 84.2 Å². The van der Waals surface area contributed by atoms with E-state index < -0.39 is 11.9 Å². The van der Waals surface area contributed by atoms with E-state index in [9.17, 15) is 9.59 Å². The highest BCUT2D eigenvalue weighted by Crippen LogP contribution is 2.01. The second kappa shape index (κ2) is 5.29. The van der Waals surface area contributed by atoms with Crippen molar-refractivity contribution in [2.45, 2.75) is 13.3 Å². The molecule has 1 heterocycles. The average Bonchev–Trinajstić information content (AvgIpc) is 2.64. The summed E-state index contributed by atoms with van der Waals surface area (Å²) in [5.41, 5.74) is 0.477.